The van der Waals surface area contributed by atoms with E-state index < -0.39 is 0 Å². The second-order valence-corrected chi connectivity index (χ2v) is 4.94. The molecule has 2 rings (SSSR count). The van der Waals surface area contributed by atoms with Crippen LogP contribution in [0.3, 0.4) is 0 Å². The number of ether oxygens (including phenoxy) is 3. The quantitative estimate of drug-likeness (QED) is 0.859. The monoisotopic (exact) mass is 353 g/mol. The van der Waals surface area contributed by atoms with E-state index in [0.29, 0.717) is 29.9 Å². The van der Waals surface area contributed by atoms with Crippen LogP contribution in [0.1, 0.15) is 5.82 Å². The van der Waals surface area contributed by atoms with E-state index in [2.05, 4.69) is 31.2 Å². The molecule has 0 fully saturated rings. The van der Waals surface area contributed by atoms with Gasteiger partial charge >= 0.3 is 0 Å². The van der Waals surface area contributed by atoms with Gasteiger partial charge in [0, 0.05) is 20.2 Å². The molecule has 0 aliphatic carbocycles. The SMILES string of the molecule is CNc1cc(Oc2ccc(OC)cc2Br)nc(COC)n1. The fourth-order valence-electron chi connectivity index (χ4n) is 1.65. The predicted octanol–water partition coefficient (Wildman–Crippen LogP) is 3.23. The van der Waals surface area contributed by atoms with Gasteiger partial charge in [-0.3, -0.25) is 0 Å². The number of hydrogen-bond donors (Lipinski definition) is 1. The Morgan fingerprint density at radius 3 is 2.62 bits per heavy atom. The van der Waals surface area contributed by atoms with Crippen molar-refractivity contribution in [3.8, 4) is 17.4 Å². The summed E-state index contributed by atoms with van der Waals surface area (Å²) in [6, 6.07) is 7.16. The molecule has 0 atom stereocenters. The molecule has 0 amide bonds. The van der Waals surface area contributed by atoms with Crippen LogP contribution in [0, 0.1) is 0 Å². The number of aromatic nitrogens is 2. The molecule has 6 nitrogen and oxygen atoms in total. The number of halogens is 1. The van der Waals surface area contributed by atoms with Crippen LogP contribution in [-0.2, 0) is 11.3 Å². The third kappa shape index (κ3) is 4.05. The van der Waals surface area contributed by atoms with Gasteiger partial charge in [0.2, 0.25) is 5.88 Å². The Balaban J connectivity index is 2.27. The van der Waals surface area contributed by atoms with Crippen LogP contribution in [0.15, 0.2) is 28.7 Å². The lowest BCUT2D eigenvalue weighted by Gasteiger charge is -2.10. The molecule has 0 unspecified atom stereocenters. The number of nitrogens with zero attached hydrogens (tertiary/aromatic N) is 2. The molecule has 0 spiro atoms. The van der Waals surface area contributed by atoms with Gasteiger partial charge < -0.3 is 19.5 Å². The fraction of sp³-hybridized carbons (Fsp3) is 0.286. The molecular formula is C14H16BrN3O3. The first-order valence-electron chi connectivity index (χ1n) is 6.22. The molecule has 0 radical (unpaired) electrons. The van der Waals surface area contributed by atoms with E-state index in [1.54, 1.807) is 33.4 Å². The van der Waals surface area contributed by atoms with Crippen LogP contribution in [-0.4, -0.2) is 31.2 Å². The van der Waals surface area contributed by atoms with Gasteiger partial charge in [-0.2, -0.15) is 4.98 Å². The van der Waals surface area contributed by atoms with Gasteiger partial charge in [0.05, 0.1) is 11.6 Å². The van der Waals surface area contributed by atoms with Crippen LogP contribution in [0.5, 0.6) is 17.4 Å². The van der Waals surface area contributed by atoms with Crippen molar-refractivity contribution in [2.24, 2.45) is 0 Å². The third-order valence-electron chi connectivity index (χ3n) is 2.63. The van der Waals surface area contributed by atoms with Gasteiger partial charge in [0.25, 0.3) is 0 Å². The van der Waals surface area contributed by atoms with Crippen molar-refractivity contribution < 1.29 is 14.2 Å². The van der Waals surface area contributed by atoms with E-state index in [-0.39, 0.29) is 0 Å². The summed E-state index contributed by atoms with van der Waals surface area (Å²) >= 11 is 3.44. The van der Waals surface area contributed by atoms with E-state index in [1.165, 1.54) is 0 Å². The molecule has 1 aromatic carbocycles. The van der Waals surface area contributed by atoms with Crippen molar-refractivity contribution >= 4 is 21.7 Å². The standard InChI is InChI=1S/C14H16BrN3O3/c1-16-12-7-14(18-13(17-12)8-19-2)21-11-5-4-9(20-3)6-10(11)15/h4-7H,8H2,1-3H3,(H,16,17,18). The maximum Gasteiger partial charge on any atom is 0.224 e. The lowest BCUT2D eigenvalue weighted by Crippen LogP contribution is -2.03. The second-order valence-electron chi connectivity index (χ2n) is 4.09. The van der Waals surface area contributed by atoms with E-state index in [0.717, 1.165) is 10.2 Å². The van der Waals surface area contributed by atoms with Crippen LogP contribution in [0.4, 0.5) is 5.82 Å². The maximum absolute atomic E-state index is 5.79. The largest absolute Gasteiger partial charge is 0.497 e. The highest BCUT2D eigenvalue weighted by Crippen LogP contribution is 2.32. The number of hydrogen-bond acceptors (Lipinski definition) is 6. The van der Waals surface area contributed by atoms with Crippen LogP contribution >= 0.6 is 15.9 Å². The highest BCUT2D eigenvalue weighted by Gasteiger charge is 2.09. The molecule has 2 aromatic rings. The molecule has 0 saturated carbocycles. The van der Waals surface area contributed by atoms with Crippen molar-refractivity contribution in [1.29, 1.82) is 0 Å². The highest BCUT2D eigenvalue weighted by molar-refractivity contribution is 9.10. The van der Waals surface area contributed by atoms with Gasteiger partial charge in [0.15, 0.2) is 5.82 Å². The molecule has 0 aliphatic heterocycles. The molecular weight excluding hydrogens is 338 g/mol. The summed E-state index contributed by atoms with van der Waals surface area (Å²) in [6.45, 7) is 0.315. The van der Waals surface area contributed by atoms with Gasteiger partial charge in [-0.05, 0) is 34.1 Å². The molecule has 1 heterocycles. The lowest BCUT2D eigenvalue weighted by molar-refractivity contribution is 0.177. The minimum Gasteiger partial charge on any atom is -0.497 e. The smallest absolute Gasteiger partial charge is 0.224 e. The predicted molar refractivity (Wildman–Crippen MR) is 83.1 cm³/mol. The van der Waals surface area contributed by atoms with E-state index in [4.69, 9.17) is 14.2 Å². The zero-order valence-electron chi connectivity index (χ0n) is 12.0. The van der Waals surface area contributed by atoms with E-state index in [9.17, 15) is 0 Å². The molecule has 0 aliphatic rings. The molecule has 7 heteroatoms. The molecule has 21 heavy (non-hydrogen) atoms. The number of rotatable bonds is 6. The van der Waals surface area contributed by atoms with Crippen molar-refractivity contribution in [3.63, 3.8) is 0 Å². The average Bonchev–Trinajstić information content (AvgIpc) is 2.49. The Kier molecular flexibility index (Phi) is 5.35. The number of nitrogens with one attached hydrogen (secondary N) is 1. The molecule has 0 bridgehead atoms. The Morgan fingerprint density at radius 2 is 2.00 bits per heavy atom. The first kappa shape index (κ1) is 15.5. The number of benzene rings is 1. The van der Waals surface area contributed by atoms with Crippen molar-refractivity contribution in [3.05, 3.63) is 34.6 Å². The summed E-state index contributed by atoms with van der Waals surface area (Å²) in [4.78, 5) is 8.57. The molecule has 1 aromatic heterocycles. The minimum absolute atomic E-state index is 0.315. The number of anilines is 1. The summed E-state index contributed by atoms with van der Waals surface area (Å²) in [5.41, 5.74) is 0. The normalized spacial score (nSPS) is 10.3. The summed E-state index contributed by atoms with van der Waals surface area (Å²) in [5, 5.41) is 2.97. The summed E-state index contributed by atoms with van der Waals surface area (Å²) in [7, 11) is 4.99. The zero-order valence-corrected chi connectivity index (χ0v) is 13.6. The lowest BCUT2D eigenvalue weighted by atomic mass is 10.3. The van der Waals surface area contributed by atoms with Crippen LogP contribution < -0.4 is 14.8 Å². The first-order chi connectivity index (χ1) is 10.2. The van der Waals surface area contributed by atoms with Crippen molar-refractivity contribution in [2.75, 3.05) is 26.6 Å². The highest BCUT2D eigenvalue weighted by atomic mass is 79.9. The maximum atomic E-state index is 5.79. The first-order valence-corrected chi connectivity index (χ1v) is 7.01. The van der Waals surface area contributed by atoms with E-state index in [1.807, 2.05) is 12.1 Å². The van der Waals surface area contributed by atoms with Gasteiger partial charge in [-0.1, -0.05) is 0 Å². The van der Waals surface area contributed by atoms with Crippen LogP contribution in [0.2, 0.25) is 0 Å². The van der Waals surface area contributed by atoms with Crippen molar-refractivity contribution in [1.82, 2.24) is 9.97 Å². The van der Waals surface area contributed by atoms with Gasteiger partial charge in [0.1, 0.15) is 23.9 Å². The Labute approximate surface area is 131 Å². The van der Waals surface area contributed by atoms with Crippen molar-refractivity contribution in [2.45, 2.75) is 6.61 Å². The summed E-state index contributed by atoms with van der Waals surface area (Å²) < 4.78 is 16.8. The Morgan fingerprint density at radius 1 is 1.19 bits per heavy atom. The van der Waals surface area contributed by atoms with Gasteiger partial charge in [-0.25, -0.2) is 4.98 Å². The average molecular weight is 354 g/mol. The third-order valence-corrected chi connectivity index (χ3v) is 3.25. The van der Waals surface area contributed by atoms with Crippen LogP contribution in [0.25, 0.3) is 0 Å². The number of methoxy groups -OCH3 is 2. The zero-order chi connectivity index (χ0) is 15.2. The summed E-state index contributed by atoms with van der Waals surface area (Å²) in [6.07, 6.45) is 0. The fourth-order valence-corrected chi connectivity index (χ4v) is 2.09. The molecule has 0 saturated heterocycles. The Hall–Kier alpha value is -1.86. The topological polar surface area (TPSA) is 65.5 Å². The van der Waals surface area contributed by atoms with E-state index >= 15 is 0 Å². The Bertz CT molecular complexity index is 622. The van der Waals surface area contributed by atoms with Gasteiger partial charge in [-0.15, -0.1) is 0 Å². The molecule has 1 N–H and O–H groups in total. The minimum atomic E-state index is 0.315. The summed E-state index contributed by atoms with van der Waals surface area (Å²) in [5.74, 6) is 3.03. The second kappa shape index (κ2) is 7.24. The molecule has 112 valence electrons.